The highest BCUT2D eigenvalue weighted by Crippen LogP contribution is 2.32. The molecule has 13 heteroatoms. The fourth-order valence-corrected chi connectivity index (χ4v) is 5.46. The number of benzene rings is 1. The van der Waals surface area contributed by atoms with Gasteiger partial charge in [0, 0.05) is 31.3 Å². The first-order chi connectivity index (χ1) is 19.6. The van der Waals surface area contributed by atoms with Crippen molar-refractivity contribution in [3.05, 3.63) is 35.1 Å². The van der Waals surface area contributed by atoms with E-state index in [0.717, 1.165) is 6.07 Å². The average molecular weight is 598 g/mol. The van der Waals surface area contributed by atoms with Crippen LogP contribution in [-0.2, 0) is 20.6 Å². The van der Waals surface area contributed by atoms with Gasteiger partial charge in [0.2, 0.25) is 17.7 Å². The van der Waals surface area contributed by atoms with Crippen molar-refractivity contribution in [3.63, 3.8) is 0 Å². The number of carbonyl (C=O) groups is 4. The summed E-state index contributed by atoms with van der Waals surface area (Å²) < 4.78 is 53.5. The smallest absolute Gasteiger partial charge is 0.356 e. The van der Waals surface area contributed by atoms with Gasteiger partial charge in [-0.05, 0) is 55.2 Å². The highest BCUT2D eigenvalue weighted by Gasteiger charge is 2.38. The van der Waals surface area contributed by atoms with E-state index in [4.69, 9.17) is 0 Å². The topological polar surface area (TPSA) is 129 Å². The lowest BCUT2D eigenvalue weighted by Gasteiger charge is -2.30. The number of halogens is 4. The Morgan fingerprint density at radius 1 is 1.05 bits per heavy atom. The molecule has 2 heterocycles. The van der Waals surface area contributed by atoms with Crippen LogP contribution in [0.2, 0.25) is 0 Å². The van der Waals surface area contributed by atoms with Gasteiger partial charge < -0.3 is 21.3 Å². The number of aliphatic imine (C=N–C) groups is 1. The standard InChI is InChI=1S/C29H39F4N5O4/c1-28(2,3)13-23-27(42)36-18(15-34-4)12-19-17(14-35-25(19)40)7-5-6-8-22(26(41)38-23)37-24(39)16-9-10-21(30)20(11-16)29(31,32)33/h9-11,15,17-19,22-23H,5-8,12-14H2,1-4H3,(H,35,40)(H,36,42)(H,37,39)(H,38,41)/t17-,18?,19-,22-,23-/m0/s1. The van der Waals surface area contributed by atoms with E-state index in [1.807, 2.05) is 20.8 Å². The molecule has 1 aromatic rings. The second kappa shape index (κ2) is 13.6. The normalized spacial score (nSPS) is 26.6. The van der Waals surface area contributed by atoms with Crippen molar-refractivity contribution in [2.45, 2.75) is 83.6 Å². The predicted molar refractivity (Wildman–Crippen MR) is 148 cm³/mol. The van der Waals surface area contributed by atoms with Gasteiger partial charge in [0.15, 0.2) is 0 Å². The Balaban J connectivity index is 1.90. The molecule has 9 nitrogen and oxygen atoms in total. The number of fused-ring (bicyclic) bond motifs is 1. The van der Waals surface area contributed by atoms with Crippen molar-refractivity contribution < 1.29 is 36.7 Å². The molecular weight excluding hydrogens is 558 g/mol. The van der Waals surface area contributed by atoms with Crippen LogP contribution >= 0.6 is 0 Å². The molecule has 5 atom stereocenters. The zero-order valence-corrected chi connectivity index (χ0v) is 24.2. The van der Waals surface area contributed by atoms with Gasteiger partial charge >= 0.3 is 6.18 Å². The number of hydrogen-bond acceptors (Lipinski definition) is 5. The highest BCUT2D eigenvalue weighted by molar-refractivity contribution is 5.98. The summed E-state index contributed by atoms with van der Waals surface area (Å²) in [5.41, 5.74) is -2.45. The summed E-state index contributed by atoms with van der Waals surface area (Å²) in [7, 11) is 1.56. The van der Waals surface area contributed by atoms with Crippen LogP contribution < -0.4 is 21.3 Å². The fourth-order valence-electron chi connectivity index (χ4n) is 5.46. The summed E-state index contributed by atoms with van der Waals surface area (Å²) in [5, 5.41) is 11.0. The van der Waals surface area contributed by atoms with E-state index in [9.17, 15) is 36.7 Å². The van der Waals surface area contributed by atoms with Crippen LogP contribution in [0.25, 0.3) is 0 Å². The lowest BCUT2D eigenvalue weighted by atomic mass is 9.84. The van der Waals surface area contributed by atoms with Crippen molar-refractivity contribution in [2.24, 2.45) is 22.2 Å². The summed E-state index contributed by atoms with van der Waals surface area (Å²) in [5.74, 6) is -4.11. The number of amides is 4. The van der Waals surface area contributed by atoms with Crippen LogP contribution in [0.5, 0.6) is 0 Å². The molecule has 0 radical (unpaired) electrons. The van der Waals surface area contributed by atoms with Crippen LogP contribution in [0.4, 0.5) is 17.6 Å². The Morgan fingerprint density at radius 3 is 2.38 bits per heavy atom. The van der Waals surface area contributed by atoms with E-state index in [0.29, 0.717) is 44.4 Å². The van der Waals surface area contributed by atoms with Crippen molar-refractivity contribution in [1.82, 2.24) is 21.3 Å². The number of alkyl halides is 3. The SMILES string of the molecule is CN=CC1C[C@@H]2C(=O)NC[C@@H]2CCCC[C@H](NC(=O)c2ccc(F)c(C(F)(F)F)c2)C(=O)N[C@@H](CC(C)(C)C)C(=O)N1. The largest absolute Gasteiger partial charge is 0.419 e. The minimum absolute atomic E-state index is 0.00246. The molecule has 1 aromatic carbocycles. The maximum Gasteiger partial charge on any atom is 0.419 e. The number of nitrogens with zero attached hydrogens (tertiary/aromatic N) is 1. The first-order valence-electron chi connectivity index (χ1n) is 14.1. The molecule has 3 rings (SSSR count). The van der Waals surface area contributed by atoms with E-state index in [-0.39, 0.29) is 30.6 Å². The number of hydrogen-bond donors (Lipinski definition) is 4. The Labute approximate surface area is 242 Å². The molecule has 4 amide bonds. The molecule has 4 N–H and O–H groups in total. The van der Waals surface area contributed by atoms with Crippen molar-refractivity contribution in [3.8, 4) is 0 Å². The quantitative estimate of drug-likeness (QED) is 0.313. The van der Waals surface area contributed by atoms with Crippen molar-refractivity contribution >= 4 is 29.8 Å². The third-order valence-electron chi connectivity index (χ3n) is 7.53. The molecule has 42 heavy (non-hydrogen) atoms. The van der Waals surface area contributed by atoms with Gasteiger partial charge in [-0.1, -0.05) is 33.6 Å². The third-order valence-corrected chi connectivity index (χ3v) is 7.53. The molecule has 0 bridgehead atoms. The summed E-state index contributed by atoms with van der Waals surface area (Å²) in [6.07, 6.45) is -0.994. The fraction of sp³-hybridized carbons (Fsp3) is 0.621. The van der Waals surface area contributed by atoms with E-state index < -0.39 is 64.4 Å². The second-order valence-electron chi connectivity index (χ2n) is 12.2. The summed E-state index contributed by atoms with van der Waals surface area (Å²) in [4.78, 5) is 56.6. The van der Waals surface area contributed by atoms with Crippen LogP contribution in [0.3, 0.4) is 0 Å². The molecule has 2 saturated heterocycles. The highest BCUT2D eigenvalue weighted by atomic mass is 19.4. The van der Waals surface area contributed by atoms with E-state index in [1.165, 1.54) is 0 Å². The van der Waals surface area contributed by atoms with Crippen LogP contribution in [-0.4, -0.2) is 61.6 Å². The molecule has 2 aliphatic heterocycles. The van der Waals surface area contributed by atoms with Gasteiger partial charge in [0.05, 0.1) is 11.6 Å². The minimum atomic E-state index is -5.01. The third kappa shape index (κ3) is 8.99. The lowest BCUT2D eigenvalue weighted by molar-refractivity contribution is -0.140. The first-order valence-corrected chi connectivity index (χ1v) is 14.1. The second-order valence-corrected chi connectivity index (χ2v) is 12.2. The van der Waals surface area contributed by atoms with Crippen molar-refractivity contribution in [1.29, 1.82) is 0 Å². The Bertz CT molecular complexity index is 1200. The Morgan fingerprint density at radius 2 is 1.74 bits per heavy atom. The molecular formula is C29H39F4N5O4. The molecule has 2 aliphatic rings. The van der Waals surface area contributed by atoms with Gasteiger partial charge in [-0.25, -0.2) is 4.39 Å². The van der Waals surface area contributed by atoms with Gasteiger partial charge in [-0.2, -0.15) is 13.2 Å². The molecule has 0 aromatic heterocycles. The zero-order chi connectivity index (χ0) is 31.2. The maximum absolute atomic E-state index is 13.8. The lowest BCUT2D eigenvalue weighted by Crippen LogP contribution is -2.56. The molecule has 1 unspecified atom stereocenters. The number of carbonyl (C=O) groups excluding carboxylic acids is 4. The van der Waals surface area contributed by atoms with Gasteiger partial charge in [0.25, 0.3) is 5.91 Å². The van der Waals surface area contributed by atoms with Gasteiger partial charge in [-0.3, -0.25) is 24.2 Å². The van der Waals surface area contributed by atoms with E-state index >= 15 is 0 Å². The Hall–Kier alpha value is -3.51. The van der Waals surface area contributed by atoms with Gasteiger partial charge in [0.1, 0.15) is 17.9 Å². The summed E-state index contributed by atoms with van der Waals surface area (Å²) in [6.45, 7) is 6.15. The molecule has 0 saturated carbocycles. The summed E-state index contributed by atoms with van der Waals surface area (Å²) in [6, 6.07) is -0.876. The van der Waals surface area contributed by atoms with Crippen LogP contribution in [0.1, 0.15) is 75.2 Å². The average Bonchev–Trinajstić information content (AvgIpc) is 3.22. The van der Waals surface area contributed by atoms with Crippen LogP contribution in [0.15, 0.2) is 23.2 Å². The monoisotopic (exact) mass is 597 g/mol. The summed E-state index contributed by atoms with van der Waals surface area (Å²) >= 11 is 0. The number of nitrogens with one attached hydrogen (secondary N) is 4. The molecule has 2 fully saturated rings. The van der Waals surface area contributed by atoms with Crippen molar-refractivity contribution in [2.75, 3.05) is 13.6 Å². The van der Waals surface area contributed by atoms with Crippen LogP contribution in [0, 0.1) is 23.1 Å². The molecule has 0 aliphatic carbocycles. The Kier molecular flexibility index (Phi) is 10.7. The molecule has 232 valence electrons. The van der Waals surface area contributed by atoms with Gasteiger partial charge in [-0.15, -0.1) is 0 Å². The molecule has 0 spiro atoms. The predicted octanol–water partition coefficient (Wildman–Crippen LogP) is 3.38. The maximum atomic E-state index is 13.8. The first kappa shape index (κ1) is 33.0. The minimum Gasteiger partial charge on any atom is -0.356 e. The van der Waals surface area contributed by atoms with E-state index in [2.05, 4.69) is 26.3 Å². The number of rotatable bonds is 4. The zero-order valence-electron chi connectivity index (χ0n) is 24.2. The van der Waals surface area contributed by atoms with E-state index in [1.54, 1.807) is 13.3 Å².